The fraction of sp³-hybridized carbons (Fsp3) is 0.333. The molecule has 3 heteroatoms. The van der Waals surface area contributed by atoms with Gasteiger partial charge < -0.3 is 14.8 Å². The minimum absolute atomic E-state index is 0.567. The van der Waals surface area contributed by atoms with Crippen molar-refractivity contribution in [3.63, 3.8) is 0 Å². The van der Waals surface area contributed by atoms with E-state index in [-0.39, 0.29) is 0 Å². The first kappa shape index (κ1) is 15.4. The van der Waals surface area contributed by atoms with E-state index in [2.05, 4.69) is 31.3 Å². The van der Waals surface area contributed by atoms with Crippen molar-refractivity contribution in [2.45, 2.75) is 27.0 Å². The van der Waals surface area contributed by atoms with Gasteiger partial charge in [0.1, 0.15) is 18.1 Å². The molecule has 2 rings (SSSR count). The van der Waals surface area contributed by atoms with Crippen LogP contribution in [0.2, 0.25) is 0 Å². The summed E-state index contributed by atoms with van der Waals surface area (Å²) < 4.78 is 11.2. The number of ether oxygens (including phenoxy) is 2. The molecule has 1 N–H and O–H groups in total. The number of nitrogens with one attached hydrogen (secondary N) is 1. The van der Waals surface area contributed by atoms with Crippen molar-refractivity contribution < 1.29 is 9.47 Å². The van der Waals surface area contributed by atoms with Crippen molar-refractivity contribution >= 4 is 0 Å². The minimum Gasteiger partial charge on any atom is -0.497 e. The van der Waals surface area contributed by atoms with Crippen LogP contribution in [0.5, 0.6) is 11.5 Å². The second-order valence-electron chi connectivity index (χ2n) is 5.23. The van der Waals surface area contributed by atoms with E-state index in [9.17, 15) is 0 Å². The summed E-state index contributed by atoms with van der Waals surface area (Å²) in [6, 6.07) is 12.3. The highest BCUT2D eigenvalue weighted by Crippen LogP contribution is 2.26. The number of hydrogen-bond acceptors (Lipinski definition) is 3. The fourth-order valence-electron chi connectivity index (χ4n) is 2.45. The predicted molar refractivity (Wildman–Crippen MR) is 86.0 cm³/mol. The zero-order chi connectivity index (χ0) is 15.2. The number of rotatable bonds is 6. The van der Waals surface area contributed by atoms with E-state index in [0.29, 0.717) is 6.61 Å². The van der Waals surface area contributed by atoms with Crippen molar-refractivity contribution in [2.75, 3.05) is 14.2 Å². The number of benzene rings is 2. The summed E-state index contributed by atoms with van der Waals surface area (Å²) in [5.74, 6) is 1.84. The highest BCUT2D eigenvalue weighted by Gasteiger charge is 2.07. The molecule has 0 radical (unpaired) electrons. The summed E-state index contributed by atoms with van der Waals surface area (Å²) in [6.07, 6.45) is 0. The molecule has 0 spiro atoms. The van der Waals surface area contributed by atoms with Crippen molar-refractivity contribution in [1.29, 1.82) is 0 Å². The van der Waals surface area contributed by atoms with E-state index >= 15 is 0 Å². The van der Waals surface area contributed by atoms with Gasteiger partial charge >= 0.3 is 0 Å². The van der Waals surface area contributed by atoms with Crippen LogP contribution in [0.25, 0.3) is 0 Å². The van der Waals surface area contributed by atoms with Gasteiger partial charge in [0.15, 0.2) is 0 Å². The molecule has 2 aromatic rings. The smallest absolute Gasteiger partial charge is 0.125 e. The summed E-state index contributed by atoms with van der Waals surface area (Å²) in [7, 11) is 3.63. The first-order valence-electron chi connectivity index (χ1n) is 7.14. The summed E-state index contributed by atoms with van der Waals surface area (Å²) in [4.78, 5) is 0. The highest BCUT2D eigenvalue weighted by molar-refractivity contribution is 5.43. The van der Waals surface area contributed by atoms with Gasteiger partial charge in [-0.3, -0.25) is 0 Å². The molecule has 0 bridgehead atoms. The Labute approximate surface area is 126 Å². The quantitative estimate of drug-likeness (QED) is 0.879. The minimum atomic E-state index is 0.567. The van der Waals surface area contributed by atoms with Crippen LogP contribution < -0.4 is 14.8 Å². The van der Waals surface area contributed by atoms with Gasteiger partial charge in [0.2, 0.25) is 0 Å². The molecule has 0 heterocycles. The third kappa shape index (κ3) is 3.99. The zero-order valence-electron chi connectivity index (χ0n) is 13.2. The van der Waals surface area contributed by atoms with E-state index in [1.165, 1.54) is 16.7 Å². The molecule has 0 aliphatic carbocycles. The topological polar surface area (TPSA) is 30.5 Å². The van der Waals surface area contributed by atoms with Gasteiger partial charge in [0.05, 0.1) is 7.11 Å². The lowest BCUT2D eigenvalue weighted by Crippen LogP contribution is -2.06. The lowest BCUT2D eigenvalue weighted by atomic mass is 10.1. The molecule has 0 fully saturated rings. The standard InChI is InChI=1S/C18H23NO2/c1-13-9-16(11-19-3)10-14(2)18(13)21-12-15-5-7-17(20-4)8-6-15/h5-10,19H,11-12H2,1-4H3. The van der Waals surface area contributed by atoms with Crippen LogP contribution in [-0.2, 0) is 13.2 Å². The lowest BCUT2D eigenvalue weighted by Gasteiger charge is -2.14. The third-order valence-corrected chi connectivity index (χ3v) is 3.44. The van der Waals surface area contributed by atoms with Crippen LogP contribution in [0.4, 0.5) is 0 Å². The molecule has 0 saturated carbocycles. The average Bonchev–Trinajstić information content (AvgIpc) is 2.47. The molecule has 0 atom stereocenters. The maximum Gasteiger partial charge on any atom is 0.125 e. The Morgan fingerprint density at radius 2 is 1.57 bits per heavy atom. The molecular weight excluding hydrogens is 262 g/mol. The van der Waals surface area contributed by atoms with Crippen LogP contribution in [0.3, 0.4) is 0 Å². The number of methoxy groups -OCH3 is 1. The molecule has 0 unspecified atom stereocenters. The van der Waals surface area contributed by atoms with Crippen molar-refractivity contribution in [1.82, 2.24) is 5.32 Å². The van der Waals surface area contributed by atoms with E-state index in [0.717, 1.165) is 23.6 Å². The summed E-state index contributed by atoms with van der Waals surface area (Å²) in [5, 5.41) is 3.17. The van der Waals surface area contributed by atoms with Crippen LogP contribution in [0, 0.1) is 13.8 Å². The van der Waals surface area contributed by atoms with Gasteiger partial charge in [0, 0.05) is 6.54 Å². The monoisotopic (exact) mass is 285 g/mol. The fourth-order valence-corrected chi connectivity index (χ4v) is 2.45. The first-order chi connectivity index (χ1) is 10.1. The van der Waals surface area contributed by atoms with Crippen molar-refractivity contribution in [2.24, 2.45) is 0 Å². The van der Waals surface area contributed by atoms with Crippen LogP contribution >= 0.6 is 0 Å². The molecular formula is C18H23NO2. The Balaban J connectivity index is 2.08. The van der Waals surface area contributed by atoms with Crippen LogP contribution in [0.1, 0.15) is 22.3 Å². The number of hydrogen-bond donors (Lipinski definition) is 1. The molecule has 21 heavy (non-hydrogen) atoms. The zero-order valence-corrected chi connectivity index (χ0v) is 13.2. The number of aryl methyl sites for hydroxylation is 2. The second kappa shape index (κ2) is 7.14. The Morgan fingerprint density at radius 3 is 2.10 bits per heavy atom. The molecule has 0 saturated heterocycles. The molecule has 3 nitrogen and oxygen atoms in total. The maximum atomic E-state index is 6.00. The SMILES string of the molecule is CNCc1cc(C)c(OCc2ccc(OC)cc2)c(C)c1. The largest absolute Gasteiger partial charge is 0.497 e. The molecule has 2 aromatic carbocycles. The Kier molecular flexibility index (Phi) is 5.23. The van der Waals surface area contributed by atoms with E-state index in [4.69, 9.17) is 9.47 Å². The molecule has 0 amide bonds. The summed E-state index contributed by atoms with van der Waals surface area (Å²) in [5.41, 5.74) is 4.76. The maximum absolute atomic E-state index is 6.00. The van der Waals surface area contributed by atoms with Gasteiger partial charge in [-0.05, 0) is 55.3 Å². The Hall–Kier alpha value is -2.00. The van der Waals surface area contributed by atoms with E-state index in [1.54, 1.807) is 7.11 Å². The van der Waals surface area contributed by atoms with Crippen molar-refractivity contribution in [3.05, 3.63) is 58.7 Å². The van der Waals surface area contributed by atoms with Gasteiger partial charge in [-0.2, -0.15) is 0 Å². The van der Waals surface area contributed by atoms with Gasteiger partial charge in [0.25, 0.3) is 0 Å². The second-order valence-corrected chi connectivity index (χ2v) is 5.23. The molecule has 0 aliphatic heterocycles. The van der Waals surface area contributed by atoms with Crippen LogP contribution in [0.15, 0.2) is 36.4 Å². The average molecular weight is 285 g/mol. The first-order valence-corrected chi connectivity index (χ1v) is 7.14. The molecule has 112 valence electrons. The van der Waals surface area contributed by atoms with E-state index in [1.807, 2.05) is 31.3 Å². The normalized spacial score (nSPS) is 10.5. The van der Waals surface area contributed by atoms with Gasteiger partial charge in [-0.15, -0.1) is 0 Å². The van der Waals surface area contributed by atoms with Gasteiger partial charge in [-0.1, -0.05) is 24.3 Å². The third-order valence-electron chi connectivity index (χ3n) is 3.44. The Morgan fingerprint density at radius 1 is 0.952 bits per heavy atom. The predicted octanol–water partition coefficient (Wildman–Crippen LogP) is 3.61. The van der Waals surface area contributed by atoms with Crippen molar-refractivity contribution in [3.8, 4) is 11.5 Å². The molecule has 0 aromatic heterocycles. The van der Waals surface area contributed by atoms with Gasteiger partial charge in [-0.25, -0.2) is 0 Å². The Bertz CT molecular complexity index is 568. The lowest BCUT2D eigenvalue weighted by molar-refractivity contribution is 0.301. The molecule has 0 aliphatic rings. The summed E-state index contributed by atoms with van der Waals surface area (Å²) in [6.45, 7) is 5.63. The van der Waals surface area contributed by atoms with Crippen LogP contribution in [-0.4, -0.2) is 14.2 Å². The van der Waals surface area contributed by atoms with E-state index < -0.39 is 0 Å². The summed E-state index contributed by atoms with van der Waals surface area (Å²) >= 11 is 0. The highest BCUT2D eigenvalue weighted by atomic mass is 16.5.